The van der Waals surface area contributed by atoms with Crippen LogP contribution in [0.5, 0.6) is 11.5 Å². The summed E-state index contributed by atoms with van der Waals surface area (Å²) in [5.41, 5.74) is 4.00. The number of anilines is 2. The SMILES string of the molecule is CC1=C(C(=O)Nc2ccc(Oc3ccnn4ccc(-c5ccccn5)c34)c(F)c2)CON(c2ccc(F)cc2)N1C. The van der Waals surface area contributed by atoms with Crippen molar-refractivity contribution >= 4 is 22.8 Å². The highest BCUT2D eigenvalue weighted by Crippen LogP contribution is 2.35. The highest BCUT2D eigenvalue weighted by Gasteiger charge is 2.27. The summed E-state index contributed by atoms with van der Waals surface area (Å²) in [6, 6.07) is 19.1. The van der Waals surface area contributed by atoms with Crippen LogP contribution in [0, 0.1) is 11.6 Å². The van der Waals surface area contributed by atoms with Gasteiger partial charge < -0.3 is 10.1 Å². The molecule has 11 heteroatoms. The fourth-order valence-electron chi connectivity index (χ4n) is 4.51. The van der Waals surface area contributed by atoms with Crippen LogP contribution in [0.3, 0.4) is 0 Å². The number of pyridine rings is 1. The second-order valence-corrected chi connectivity index (χ2v) is 9.24. The average molecular weight is 555 g/mol. The van der Waals surface area contributed by atoms with Crippen molar-refractivity contribution in [1.29, 1.82) is 0 Å². The van der Waals surface area contributed by atoms with Gasteiger partial charge >= 0.3 is 0 Å². The Labute approximate surface area is 233 Å². The van der Waals surface area contributed by atoms with Crippen LogP contribution in [0.1, 0.15) is 6.92 Å². The Bertz CT molecular complexity index is 1770. The first kappa shape index (κ1) is 26.0. The molecule has 41 heavy (non-hydrogen) atoms. The summed E-state index contributed by atoms with van der Waals surface area (Å²) in [4.78, 5) is 23.2. The minimum atomic E-state index is -0.658. The van der Waals surface area contributed by atoms with E-state index in [4.69, 9.17) is 9.57 Å². The van der Waals surface area contributed by atoms with E-state index in [-0.39, 0.29) is 23.9 Å². The molecule has 9 nitrogen and oxygen atoms in total. The molecule has 206 valence electrons. The van der Waals surface area contributed by atoms with Gasteiger partial charge in [0.25, 0.3) is 5.91 Å². The lowest BCUT2D eigenvalue weighted by molar-refractivity contribution is -0.114. The molecule has 0 atom stereocenters. The van der Waals surface area contributed by atoms with Crippen molar-refractivity contribution in [3.8, 4) is 22.8 Å². The molecule has 1 N–H and O–H groups in total. The molecule has 0 saturated heterocycles. The molecule has 4 heterocycles. The molecular formula is C30H24F2N6O3. The minimum Gasteiger partial charge on any atom is -0.452 e. The van der Waals surface area contributed by atoms with E-state index in [2.05, 4.69) is 15.4 Å². The second kappa shape index (κ2) is 10.7. The number of amides is 1. The van der Waals surface area contributed by atoms with Crippen LogP contribution in [-0.4, -0.2) is 39.2 Å². The average Bonchev–Trinajstić information content (AvgIpc) is 3.42. The van der Waals surface area contributed by atoms with Crippen molar-refractivity contribution in [2.24, 2.45) is 0 Å². The van der Waals surface area contributed by atoms with Crippen LogP contribution in [0.2, 0.25) is 0 Å². The highest BCUT2D eigenvalue weighted by molar-refractivity contribution is 6.04. The lowest BCUT2D eigenvalue weighted by Crippen LogP contribution is -2.45. The van der Waals surface area contributed by atoms with E-state index < -0.39 is 11.7 Å². The second-order valence-electron chi connectivity index (χ2n) is 9.24. The van der Waals surface area contributed by atoms with Crippen molar-refractivity contribution in [2.75, 3.05) is 24.1 Å². The van der Waals surface area contributed by atoms with Gasteiger partial charge in [0.2, 0.25) is 0 Å². The number of nitrogens with one attached hydrogen (secondary N) is 1. The van der Waals surface area contributed by atoms with E-state index in [9.17, 15) is 9.18 Å². The number of nitrogens with zero attached hydrogens (tertiary/aromatic N) is 5. The number of allylic oxidation sites excluding steroid dienone is 1. The molecule has 0 aliphatic carbocycles. The van der Waals surface area contributed by atoms with E-state index in [0.717, 1.165) is 11.3 Å². The quantitative estimate of drug-likeness (QED) is 0.277. The van der Waals surface area contributed by atoms with Crippen molar-refractivity contribution in [2.45, 2.75) is 6.92 Å². The number of ether oxygens (including phenoxy) is 1. The molecule has 0 bridgehead atoms. The molecule has 5 aromatic rings. The summed E-state index contributed by atoms with van der Waals surface area (Å²) in [6.07, 6.45) is 5.04. The summed E-state index contributed by atoms with van der Waals surface area (Å²) < 4.78 is 36.1. The lowest BCUT2D eigenvalue weighted by Gasteiger charge is -2.38. The number of benzene rings is 2. The third-order valence-electron chi connectivity index (χ3n) is 6.71. The Morgan fingerprint density at radius 1 is 1.00 bits per heavy atom. The molecular weight excluding hydrogens is 530 g/mol. The maximum atomic E-state index is 15.2. The smallest absolute Gasteiger partial charge is 0.255 e. The predicted octanol–water partition coefficient (Wildman–Crippen LogP) is 5.98. The van der Waals surface area contributed by atoms with E-state index >= 15 is 4.39 Å². The van der Waals surface area contributed by atoms with Crippen LogP contribution in [0.15, 0.2) is 103 Å². The molecule has 3 aromatic heterocycles. The summed E-state index contributed by atoms with van der Waals surface area (Å²) in [6.45, 7) is 1.73. The topological polar surface area (TPSA) is 84.2 Å². The van der Waals surface area contributed by atoms with Gasteiger partial charge in [-0.15, -0.1) is 0 Å². The van der Waals surface area contributed by atoms with E-state index in [1.54, 1.807) is 66.4 Å². The van der Waals surface area contributed by atoms with Crippen molar-refractivity contribution in [1.82, 2.24) is 19.6 Å². The van der Waals surface area contributed by atoms with Crippen molar-refractivity contribution in [3.63, 3.8) is 0 Å². The van der Waals surface area contributed by atoms with Crippen molar-refractivity contribution in [3.05, 3.63) is 114 Å². The van der Waals surface area contributed by atoms with Gasteiger partial charge in [-0.1, -0.05) is 6.07 Å². The number of hydrogen-bond donors (Lipinski definition) is 1. The van der Waals surface area contributed by atoms with Crippen LogP contribution in [0.4, 0.5) is 20.2 Å². The number of fused-ring (bicyclic) bond motifs is 1. The van der Waals surface area contributed by atoms with E-state index in [1.165, 1.54) is 29.4 Å². The first-order chi connectivity index (χ1) is 19.9. The number of carbonyl (C=O) groups is 1. The van der Waals surface area contributed by atoms with Gasteiger partial charge in [0.15, 0.2) is 17.3 Å². The maximum absolute atomic E-state index is 15.2. The largest absolute Gasteiger partial charge is 0.452 e. The number of hydrogen-bond acceptors (Lipinski definition) is 7. The molecule has 1 aliphatic rings. The third kappa shape index (κ3) is 5.06. The Balaban J connectivity index is 1.20. The summed E-state index contributed by atoms with van der Waals surface area (Å²) in [5.74, 6) is -1.08. The Kier molecular flexibility index (Phi) is 6.78. The number of rotatable bonds is 6. The number of hydrazine groups is 1. The third-order valence-corrected chi connectivity index (χ3v) is 6.71. The summed E-state index contributed by atoms with van der Waals surface area (Å²) in [7, 11) is 1.72. The fourth-order valence-corrected chi connectivity index (χ4v) is 4.51. The van der Waals surface area contributed by atoms with Crippen molar-refractivity contribution < 1.29 is 23.1 Å². The molecule has 6 rings (SSSR count). The monoisotopic (exact) mass is 554 g/mol. The normalized spacial score (nSPS) is 13.6. The van der Waals surface area contributed by atoms with Crippen LogP contribution >= 0.6 is 0 Å². The maximum Gasteiger partial charge on any atom is 0.255 e. The standard InChI is InChI=1S/C30H24F2N6O3/c1-19-24(18-40-38(36(19)2)22-9-6-20(31)7-10-22)30(39)35-21-8-11-27(25(32)17-21)41-28-12-15-34-37-16-13-23(29(28)37)26-5-3-4-14-33-26/h3-17H,18H2,1-2H3,(H,35,39). The fraction of sp³-hybridized carbons (Fsp3) is 0.100. The first-order valence-corrected chi connectivity index (χ1v) is 12.7. The van der Waals surface area contributed by atoms with Gasteiger partial charge in [-0.2, -0.15) is 10.3 Å². The molecule has 0 unspecified atom stereocenters. The molecule has 2 aromatic carbocycles. The Morgan fingerprint density at radius 2 is 1.83 bits per heavy atom. The highest BCUT2D eigenvalue weighted by atomic mass is 19.1. The number of aromatic nitrogens is 3. The first-order valence-electron chi connectivity index (χ1n) is 12.7. The number of carbonyl (C=O) groups excluding carboxylic acids is 1. The zero-order valence-electron chi connectivity index (χ0n) is 22.1. The molecule has 1 aliphatic heterocycles. The number of halogens is 2. The molecule has 0 spiro atoms. The Hall–Kier alpha value is -5.29. The zero-order valence-corrected chi connectivity index (χ0v) is 22.1. The molecule has 1 amide bonds. The van der Waals surface area contributed by atoms with Crippen LogP contribution in [0.25, 0.3) is 16.8 Å². The van der Waals surface area contributed by atoms with E-state index in [0.29, 0.717) is 28.2 Å². The zero-order chi connectivity index (χ0) is 28.5. The van der Waals surface area contributed by atoms with Gasteiger partial charge in [0.1, 0.15) is 17.9 Å². The van der Waals surface area contributed by atoms with Gasteiger partial charge in [0.05, 0.1) is 23.2 Å². The summed E-state index contributed by atoms with van der Waals surface area (Å²) in [5, 5.41) is 10.1. The minimum absolute atomic E-state index is 0.0182. The lowest BCUT2D eigenvalue weighted by atomic mass is 10.1. The molecule has 0 saturated carbocycles. The van der Waals surface area contributed by atoms with Gasteiger partial charge in [0, 0.05) is 48.5 Å². The van der Waals surface area contributed by atoms with Crippen LogP contribution < -0.4 is 15.2 Å². The van der Waals surface area contributed by atoms with Gasteiger partial charge in [-0.3, -0.25) is 14.8 Å². The van der Waals surface area contributed by atoms with Crippen LogP contribution in [-0.2, 0) is 9.63 Å². The Morgan fingerprint density at radius 3 is 2.59 bits per heavy atom. The molecule has 0 radical (unpaired) electrons. The summed E-state index contributed by atoms with van der Waals surface area (Å²) >= 11 is 0. The van der Waals surface area contributed by atoms with E-state index in [1.807, 2.05) is 24.3 Å². The van der Waals surface area contributed by atoms with Gasteiger partial charge in [-0.25, -0.2) is 18.1 Å². The molecule has 0 fully saturated rings. The predicted molar refractivity (Wildman–Crippen MR) is 149 cm³/mol. The van der Waals surface area contributed by atoms with Gasteiger partial charge in [-0.05, 0) is 61.5 Å².